The van der Waals surface area contributed by atoms with Crippen LogP contribution in [-0.4, -0.2) is 52.5 Å². The predicted molar refractivity (Wildman–Crippen MR) is 48.7 cm³/mol. The van der Waals surface area contributed by atoms with Crippen LogP contribution in [0, 0.1) is 5.92 Å². The van der Waals surface area contributed by atoms with E-state index in [2.05, 4.69) is 0 Å². The molecule has 1 saturated heterocycles. The van der Waals surface area contributed by atoms with Gasteiger partial charge in [-0.05, 0) is 0 Å². The van der Waals surface area contributed by atoms with Gasteiger partial charge in [-0.15, -0.1) is 0 Å². The number of esters is 1. The third-order valence-corrected chi connectivity index (χ3v) is 2.47. The number of aliphatic hydroxyl groups excluding tert-OH is 3. The highest BCUT2D eigenvalue weighted by Crippen LogP contribution is 2.26. The van der Waals surface area contributed by atoms with Crippen LogP contribution in [0.2, 0.25) is 0 Å². The van der Waals surface area contributed by atoms with Gasteiger partial charge < -0.3 is 24.8 Å². The van der Waals surface area contributed by atoms with E-state index in [1.807, 2.05) is 0 Å². The minimum absolute atomic E-state index is 0.442. The molecule has 0 saturated carbocycles. The van der Waals surface area contributed by atoms with Gasteiger partial charge in [0.15, 0.2) is 0 Å². The summed E-state index contributed by atoms with van der Waals surface area (Å²) >= 11 is 0. The molecule has 0 radical (unpaired) electrons. The smallest absolute Gasteiger partial charge is 0.304 e. The molecule has 6 nitrogen and oxygen atoms in total. The van der Waals surface area contributed by atoms with Gasteiger partial charge in [0, 0.05) is 12.8 Å². The summed E-state index contributed by atoms with van der Waals surface area (Å²) in [5, 5.41) is 28.0. The van der Waals surface area contributed by atoms with Crippen LogP contribution in [0.1, 0.15) is 13.8 Å². The lowest BCUT2D eigenvalue weighted by molar-refractivity contribution is -0.273. The van der Waals surface area contributed by atoms with Crippen LogP contribution in [0.4, 0.5) is 0 Å². The third-order valence-electron chi connectivity index (χ3n) is 2.47. The van der Waals surface area contributed by atoms with Crippen LogP contribution in [0.5, 0.6) is 0 Å². The fourth-order valence-electron chi connectivity index (χ4n) is 1.52. The molecule has 88 valence electrons. The summed E-state index contributed by atoms with van der Waals surface area (Å²) in [5.41, 5.74) is 0. The van der Waals surface area contributed by atoms with Crippen LogP contribution in [0.3, 0.4) is 0 Å². The minimum atomic E-state index is -1.17. The Labute approximate surface area is 87.4 Å². The van der Waals surface area contributed by atoms with Crippen LogP contribution in [0.15, 0.2) is 0 Å². The van der Waals surface area contributed by atoms with Gasteiger partial charge in [0.25, 0.3) is 0 Å². The van der Waals surface area contributed by atoms with E-state index in [-0.39, 0.29) is 0 Å². The number of aliphatic hydroxyl groups is 3. The molecule has 1 aliphatic heterocycles. The first-order chi connectivity index (χ1) is 6.97. The van der Waals surface area contributed by atoms with Crippen molar-refractivity contribution in [3.8, 4) is 0 Å². The largest absolute Gasteiger partial charge is 0.436 e. The van der Waals surface area contributed by atoms with Crippen LogP contribution >= 0.6 is 0 Å². The van der Waals surface area contributed by atoms with E-state index in [0.717, 1.165) is 0 Å². The maximum absolute atomic E-state index is 10.7. The maximum Gasteiger partial charge on any atom is 0.304 e. The first-order valence-corrected chi connectivity index (χ1v) is 4.77. The number of carbonyl (C=O) groups excluding carboxylic acids is 1. The molecular weight excluding hydrogens is 204 g/mol. The lowest BCUT2D eigenvalue weighted by atomic mass is 9.92. The highest BCUT2D eigenvalue weighted by Gasteiger charge is 2.43. The van der Waals surface area contributed by atoms with Crippen molar-refractivity contribution in [2.75, 3.05) is 6.61 Å². The Kier molecular flexibility index (Phi) is 4.04. The SMILES string of the molecule is CC(=O)O[C@@H]1OC(CO)[C@@H](O)C(O)C1C. The van der Waals surface area contributed by atoms with Crippen molar-refractivity contribution < 1.29 is 29.6 Å². The molecule has 0 bridgehead atoms. The molecule has 0 aromatic carbocycles. The van der Waals surface area contributed by atoms with Crippen molar-refractivity contribution in [1.29, 1.82) is 0 Å². The summed E-state index contributed by atoms with van der Waals surface area (Å²) in [6.07, 6.45) is -4.12. The molecule has 0 aromatic heterocycles. The van der Waals surface area contributed by atoms with Gasteiger partial charge >= 0.3 is 5.97 Å². The fourth-order valence-corrected chi connectivity index (χ4v) is 1.52. The van der Waals surface area contributed by atoms with Crippen molar-refractivity contribution in [3.63, 3.8) is 0 Å². The summed E-state index contributed by atoms with van der Waals surface area (Å²) in [7, 11) is 0. The Morgan fingerprint density at radius 3 is 2.47 bits per heavy atom. The van der Waals surface area contributed by atoms with E-state index in [1.165, 1.54) is 6.92 Å². The standard InChI is InChI=1S/C9H16O6/c1-4-7(12)8(13)6(3-10)15-9(4)14-5(2)11/h4,6-10,12-13H,3H2,1-2H3/t4?,6?,7?,8-,9-/m1/s1. The number of ether oxygens (including phenoxy) is 2. The van der Waals surface area contributed by atoms with Gasteiger partial charge in [0.2, 0.25) is 6.29 Å². The van der Waals surface area contributed by atoms with Gasteiger partial charge in [-0.25, -0.2) is 0 Å². The normalized spacial score (nSPS) is 41.3. The zero-order chi connectivity index (χ0) is 11.6. The predicted octanol–water partition coefficient (Wildman–Crippen LogP) is -1.38. The van der Waals surface area contributed by atoms with Gasteiger partial charge in [0.05, 0.1) is 12.7 Å². The van der Waals surface area contributed by atoms with Crippen LogP contribution in [0.25, 0.3) is 0 Å². The van der Waals surface area contributed by atoms with Gasteiger partial charge in [-0.1, -0.05) is 6.92 Å². The molecule has 0 aliphatic carbocycles. The van der Waals surface area contributed by atoms with Crippen molar-refractivity contribution in [2.24, 2.45) is 5.92 Å². The first-order valence-electron chi connectivity index (χ1n) is 4.77. The summed E-state index contributed by atoms with van der Waals surface area (Å²) in [6, 6.07) is 0. The Bertz CT molecular complexity index is 229. The average Bonchev–Trinajstić information content (AvgIpc) is 2.18. The van der Waals surface area contributed by atoms with E-state index in [1.54, 1.807) is 6.92 Å². The van der Waals surface area contributed by atoms with E-state index < -0.39 is 43.1 Å². The third kappa shape index (κ3) is 2.66. The zero-order valence-corrected chi connectivity index (χ0v) is 8.66. The van der Waals surface area contributed by atoms with Crippen LogP contribution in [-0.2, 0) is 14.3 Å². The Morgan fingerprint density at radius 2 is 2.00 bits per heavy atom. The van der Waals surface area contributed by atoms with E-state index >= 15 is 0 Å². The molecule has 0 amide bonds. The maximum atomic E-state index is 10.7. The summed E-state index contributed by atoms with van der Waals surface area (Å²) in [4.78, 5) is 10.7. The van der Waals surface area contributed by atoms with Gasteiger partial charge in [0.1, 0.15) is 12.2 Å². The minimum Gasteiger partial charge on any atom is -0.436 e. The molecule has 0 aromatic rings. The first kappa shape index (κ1) is 12.4. The lowest BCUT2D eigenvalue weighted by Gasteiger charge is -2.39. The topological polar surface area (TPSA) is 96.2 Å². The van der Waals surface area contributed by atoms with Crippen molar-refractivity contribution in [3.05, 3.63) is 0 Å². The second-order valence-corrected chi connectivity index (χ2v) is 3.68. The molecule has 1 fully saturated rings. The second-order valence-electron chi connectivity index (χ2n) is 3.68. The summed E-state index contributed by atoms with van der Waals surface area (Å²) in [6.45, 7) is 2.37. The van der Waals surface area contributed by atoms with Crippen LogP contribution < -0.4 is 0 Å². The molecule has 1 rings (SSSR count). The molecular formula is C9H16O6. The Hall–Kier alpha value is -0.690. The van der Waals surface area contributed by atoms with Crippen molar-refractivity contribution >= 4 is 5.97 Å². The molecule has 3 N–H and O–H groups in total. The molecule has 1 heterocycles. The van der Waals surface area contributed by atoms with E-state index in [4.69, 9.17) is 14.6 Å². The number of hydrogen-bond donors (Lipinski definition) is 3. The van der Waals surface area contributed by atoms with E-state index in [0.29, 0.717) is 0 Å². The highest BCUT2D eigenvalue weighted by atomic mass is 16.7. The van der Waals surface area contributed by atoms with Crippen molar-refractivity contribution in [2.45, 2.75) is 38.4 Å². The van der Waals surface area contributed by atoms with Gasteiger partial charge in [-0.3, -0.25) is 4.79 Å². The van der Waals surface area contributed by atoms with Gasteiger partial charge in [-0.2, -0.15) is 0 Å². The summed E-state index contributed by atoms with van der Waals surface area (Å²) < 4.78 is 9.95. The number of rotatable bonds is 2. The lowest BCUT2D eigenvalue weighted by Crippen LogP contribution is -2.55. The fraction of sp³-hybridized carbons (Fsp3) is 0.889. The Morgan fingerprint density at radius 1 is 1.40 bits per heavy atom. The number of carbonyl (C=O) groups is 1. The second kappa shape index (κ2) is 4.89. The quantitative estimate of drug-likeness (QED) is 0.497. The highest BCUT2D eigenvalue weighted by molar-refractivity contribution is 5.66. The zero-order valence-electron chi connectivity index (χ0n) is 8.66. The molecule has 1 aliphatic rings. The molecule has 6 heteroatoms. The molecule has 5 atom stereocenters. The average molecular weight is 220 g/mol. The molecule has 0 spiro atoms. The summed E-state index contributed by atoms with van der Waals surface area (Å²) in [5.74, 6) is -1.07. The van der Waals surface area contributed by atoms with Crippen molar-refractivity contribution in [1.82, 2.24) is 0 Å². The Balaban J connectivity index is 2.69. The van der Waals surface area contributed by atoms with E-state index in [9.17, 15) is 15.0 Å². The molecule has 3 unspecified atom stereocenters. The molecule has 15 heavy (non-hydrogen) atoms. The number of hydrogen-bond acceptors (Lipinski definition) is 6. The monoisotopic (exact) mass is 220 g/mol.